The second kappa shape index (κ2) is 7.20. The molecular formula is C27H22N6S. The van der Waals surface area contributed by atoms with Gasteiger partial charge in [0.25, 0.3) is 0 Å². The van der Waals surface area contributed by atoms with Crippen LogP contribution in [0.2, 0.25) is 0 Å². The van der Waals surface area contributed by atoms with Gasteiger partial charge < -0.3 is 20.5 Å². The second-order valence-corrected chi connectivity index (χ2v) is 9.83. The van der Waals surface area contributed by atoms with Crippen molar-refractivity contribution in [3.05, 3.63) is 89.5 Å². The number of aromatic amines is 1. The Balaban J connectivity index is 1.37. The van der Waals surface area contributed by atoms with Gasteiger partial charge in [0, 0.05) is 64.0 Å². The Morgan fingerprint density at radius 2 is 1.88 bits per heavy atom. The Morgan fingerprint density at radius 3 is 2.74 bits per heavy atom. The minimum atomic E-state index is 0.164. The van der Waals surface area contributed by atoms with E-state index >= 15 is 0 Å². The van der Waals surface area contributed by atoms with Gasteiger partial charge in [-0.25, -0.2) is 0 Å². The molecule has 166 valence electrons. The zero-order valence-electron chi connectivity index (χ0n) is 18.8. The van der Waals surface area contributed by atoms with Crippen molar-refractivity contribution in [2.45, 2.75) is 6.17 Å². The summed E-state index contributed by atoms with van der Waals surface area (Å²) in [6.45, 7) is 0. The van der Waals surface area contributed by atoms with E-state index < -0.39 is 0 Å². The third kappa shape index (κ3) is 3.01. The molecular weight excluding hydrogens is 440 g/mol. The van der Waals surface area contributed by atoms with Crippen molar-refractivity contribution < 1.29 is 0 Å². The number of rotatable bonds is 4. The van der Waals surface area contributed by atoms with E-state index in [0.717, 1.165) is 39.4 Å². The molecule has 6 heterocycles. The fourth-order valence-electron chi connectivity index (χ4n) is 4.71. The number of nitrogens with one attached hydrogen (secondary N) is 3. The predicted octanol–water partition coefficient (Wildman–Crippen LogP) is 5.53. The Hall–Kier alpha value is -4.10. The molecule has 1 unspecified atom stereocenters. The van der Waals surface area contributed by atoms with Gasteiger partial charge in [0.1, 0.15) is 6.17 Å². The lowest BCUT2D eigenvalue weighted by molar-refractivity contribution is 1.09. The topological polar surface area (TPSA) is 78.8 Å². The first kappa shape index (κ1) is 19.4. The maximum absolute atomic E-state index is 4.75. The minimum Gasteiger partial charge on any atom is -0.376 e. The Bertz CT molecular complexity index is 1590. The first-order valence-corrected chi connectivity index (χ1v) is 12.1. The van der Waals surface area contributed by atoms with Gasteiger partial charge in [-0.1, -0.05) is 18.2 Å². The summed E-state index contributed by atoms with van der Waals surface area (Å²) in [5.41, 5.74) is 11.1. The van der Waals surface area contributed by atoms with Gasteiger partial charge in [0.2, 0.25) is 0 Å². The van der Waals surface area contributed by atoms with E-state index in [1.54, 1.807) is 11.3 Å². The molecule has 7 rings (SSSR count). The highest BCUT2D eigenvalue weighted by molar-refractivity contribution is 7.13. The molecule has 0 radical (unpaired) electrons. The average molecular weight is 463 g/mol. The average Bonchev–Trinajstić information content (AvgIpc) is 3.22. The quantitative estimate of drug-likeness (QED) is 0.306. The van der Waals surface area contributed by atoms with Crippen molar-refractivity contribution in [1.29, 1.82) is 0 Å². The first-order valence-electron chi connectivity index (χ1n) is 11.2. The van der Waals surface area contributed by atoms with Crippen LogP contribution in [0.3, 0.4) is 0 Å². The molecule has 3 N–H and O–H groups in total. The molecule has 1 atom stereocenters. The van der Waals surface area contributed by atoms with E-state index in [4.69, 9.17) is 4.98 Å². The van der Waals surface area contributed by atoms with Crippen LogP contribution < -0.4 is 15.5 Å². The van der Waals surface area contributed by atoms with Crippen molar-refractivity contribution in [1.82, 2.24) is 20.3 Å². The van der Waals surface area contributed by atoms with Crippen LogP contribution in [0.25, 0.3) is 38.2 Å². The summed E-state index contributed by atoms with van der Waals surface area (Å²) in [5, 5.41) is 10.4. The van der Waals surface area contributed by atoms with Gasteiger partial charge >= 0.3 is 0 Å². The summed E-state index contributed by atoms with van der Waals surface area (Å²) in [7, 11) is 4.04. The summed E-state index contributed by atoms with van der Waals surface area (Å²) in [6.07, 6.45) is 5.84. The van der Waals surface area contributed by atoms with Crippen molar-refractivity contribution in [3.63, 3.8) is 0 Å². The van der Waals surface area contributed by atoms with Gasteiger partial charge in [-0.2, -0.15) is 0 Å². The van der Waals surface area contributed by atoms with E-state index in [-0.39, 0.29) is 6.17 Å². The monoisotopic (exact) mass is 462 g/mol. The molecule has 1 saturated heterocycles. The summed E-state index contributed by atoms with van der Waals surface area (Å²) in [6, 6.07) is 17.3. The van der Waals surface area contributed by atoms with Crippen LogP contribution in [0, 0.1) is 0 Å². The van der Waals surface area contributed by atoms with E-state index in [9.17, 15) is 0 Å². The minimum absolute atomic E-state index is 0.164. The number of hydrogen-bond donors (Lipinski definition) is 3. The molecule has 4 aromatic heterocycles. The summed E-state index contributed by atoms with van der Waals surface area (Å²) < 4.78 is 0. The number of anilines is 2. The second-order valence-electron chi connectivity index (χ2n) is 8.88. The normalized spacial score (nSPS) is 16.0. The maximum Gasteiger partial charge on any atom is 0.139 e. The lowest BCUT2D eigenvalue weighted by Crippen LogP contribution is -2.12. The number of thiophene rings is 1. The number of hydrogen-bond acceptors (Lipinski definition) is 6. The molecule has 0 bridgehead atoms. The molecule has 34 heavy (non-hydrogen) atoms. The van der Waals surface area contributed by atoms with Gasteiger partial charge in [-0.3, -0.25) is 9.97 Å². The fraction of sp³-hybridized carbons (Fsp3) is 0.111. The van der Waals surface area contributed by atoms with Crippen LogP contribution in [0.15, 0.2) is 78.2 Å². The molecule has 2 aliphatic heterocycles. The highest BCUT2D eigenvalue weighted by atomic mass is 32.1. The summed E-state index contributed by atoms with van der Waals surface area (Å²) >= 11 is 1.77. The largest absolute Gasteiger partial charge is 0.376 e. The van der Waals surface area contributed by atoms with Gasteiger partial charge in [-0.15, -0.1) is 11.3 Å². The zero-order chi connectivity index (χ0) is 22.8. The Labute approximate surface area is 201 Å². The van der Waals surface area contributed by atoms with Gasteiger partial charge in [0.05, 0.1) is 35.2 Å². The molecule has 0 aliphatic carbocycles. The highest BCUT2D eigenvalue weighted by Gasteiger charge is 2.39. The lowest BCUT2D eigenvalue weighted by atomic mass is 9.96. The Kier molecular flexibility index (Phi) is 4.10. The van der Waals surface area contributed by atoms with Crippen LogP contribution >= 0.6 is 11.3 Å². The highest BCUT2D eigenvalue weighted by Crippen LogP contribution is 2.44. The molecule has 1 aromatic carbocycles. The molecule has 7 heteroatoms. The lowest BCUT2D eigenvalue weighted by Gasteiger charge is -2.18. The fourth-order valence-corrected chi connectivity index (χ4v) is 5.48. The van der Waals surface area contributed by atoms with Crippen molar-refractivity contribution in [2.75, 3.05) is 24.3 Å². The number of pyridine rings is 2. The van der Waals surface area contributed by atoms with Crippen molar-refractivity contribution in [2.24, 2.45) is 0 Å². The standard InChI is InChI=1S/C27H22N6S/c1-33(2)16-9-15(12-28-13-16)21-11-19-23(14-29-21)31-27-26(32-27)25(19)22-10-18-17(24-7-4-8-34-24)5-3-6-20(18)30-22/h3-14,27,30-32H,1-2H3. The van der Waals surface area contributed by atoms with E-state index in [0.29, 0.717) is 0 Å². The summed E-state index contributed by atoms with van der Waals surface area (Å²) in [4.78, 5) is 16.2. The van der Waals surface area contributed by atoms with Gasteiger partial charge in [0.15, 0.2) is 0 Å². The zero-order valence-corrected chi connectivity index (χ0v) is 19.6. The molecule has 0 spiro atoms. The van der Waals surface area contributed by atoms with E-state index in [2.05, 4.69) is 79.4 Å². The van der Waals surface area contributed by atoms with Crippen LogP contribution in [-0.2, 0) is 0 Å². The van der Waals surface area contributed by atoms with Crippen molar-refractivity contribution >= 4 is 39.2 Å². The maximum atomic E-state index is 4.75. The third-order valence-corrected chi connectivity index (χ3v) is 7.41. The number of nitrogens with zero attached hydrogens (tertiary/aromatic N) is 3. The predicted molar refractivity (Wildman–Crippen MR) is 140 cm³/mol. The van der Waals surface area contributed by atoms with Crippen LogP contribution in [-0.4, -0.2) is 35.2 Å². The van der Waals surface area contributed by atoms with Crippen LogP contribution in [0.4, 0.5) is 11.4 Å². The SMILES string of the molecule is CN(C)c1cncc(-c2cc3c(cn2)NC2NC2=C3c2cc3c(-c4cccs4)cccc3[nH]2)c1. The third-order valence-electron chi connectivity index (χ3n) is 6.50. The van der Waals surface area contributed by atoms with E-state index in [1.165, 1.54) is 27.1 Å². The van der Waals surface area contributed by atoms with Crippen LogP contribution in [0.1, 0.15) is 11.3 Å². The Morgan fingerprint density at radius 1 is 0.941 bits per heavy atom. The molecule has 6 nitrogen and oxygen atoms in total. The molecule has 1 fully saturated rings. The van der Waals surface area contributed by atoms with E-state index in [1.807, 2.05) is 32.7 Å². The van der Waals surface area contributed by atoms with Crippen LogP contribution in [0.5, 0.6) is 0 Å². The van der Waals surface area contributed by atoms with Crippen molar-refractivity contribution in [3.8, 4) is 21.7 Å². The molecule has 5 aromatic rings. The van der Waals surface area contributed by atoms with Gasteiger partial charge in [-0.05, 0) is 35.7 Å². The summed E-state index contributed by atoms with van der Waals surface area (Å²) in [5.74, 6) is 0. The number of benzene rings is 1. The smallest absolute Gasteiger partial charge is 0.139 e. The molecule has 0 saturated carbocycles. The number of H-pyrrole nitrogens is 1. The molecule has 2 aliphatic rings. The molecule has 0 amide bonds. The first-order chi connectivity index (χ1) is 16.7. The number of aromatic nitrogens is 3. The number of fused-ring (bicyclic) bond motifs is 3.